The van der Waals surface area contributed by atoms with Gasteiger partial charge in [-0.3, -0.25) is 4.79 Å². The zero-order valence-electron chi connectivity index (χ0n) is 15.1. The Balaban J connectivity index is 1.68. The number of aromatic nitrogens is 4. The monoisotopic (exact) mass is 393 g/mol. The molecular formula is C18H15N7O2S. The molecule has 0 fully saturated rings. The van der Waals surface area contributed by atoms with Gasteiger partial charge in [0.05, 0.1) is 11.4 Å². The van der Waals surface area contributed by atoms with Crippen molar-refractivity contribution < 1.29 is 4.79 Å². The minimum absolute atomic E-state index is 0.0428. The Labute approximate surface area is 163 Å². The highest BCUT2D eigenvalue weighted by Crippen LogP contribution is 2.40. The van der Waals surface area contributed by atoms with Crippen molar-refractivity contribution >= 4 is 28.5 Å². The summed E-state index contributed by atoms with van der Waals surface area (Å²) in [6, 6.07) is 13.1. The van der Waals surface area contributed by atoms with E-state index in [4.69, 9.17) is 0 Å². The molecular weight excluding hydrogens is 378 g/mol. The average Bonchev–Trinajstić information content (AvgIpc) is 3.40. The fraction of sp³-hybridized carbons (Fsp3) is 0.167. The maximum Gasteiger partial charge on any atom is 0.369 e. The number of hydrogen-bond acceptors (Lipinski definition) is 8. The molecule has 1 aliphatic heterocycles. The van der Waals surface area contributed by atoms with E-state index in [1.165, 1.54) is 11.3 Å². The van der Waals surface area contributed by atoms with Gasteiger partial charge in [0, 0.05) is 14.1 Å². The van der Waals surface area contributed by atoms with Gasteiger partial charge in [-0.15, -0.1) is 11.3 Å². The van der Waals surface area contributed by atoms with Crippen LogP contribution in [0.4, 0.5) is 11.4 Å². The van der Waals surface area contributed by atoms with Crippen molar-refractivity contribution in [2.45, 2.75) is 6.54 Å². The Morgan fingerprint density at radius 2 is 1.79 bits per heavy atom. The molecule has 0 saturated carbocycles. The molecule has 1 aromatic carbocycles. The number of benzene rings is 1. The number of nitrogens with zero attached hydrogens (tertiary/aromatic N) is 7. The third-order valence-electron chi connectivity index (χ3n) is 4.50. The summed E-state index contributed by atoms with van der Waals surface area (Å²) in [6.45, 7) is -0.366. The van der Waals surface area contributed by atoms with Crippen LogP contribution in [0.3, 0.4) is 0 Å². The van der Waals surface area contributed by atoms with Crippen molar-refractivity contribution in [1.29, 1.82) is 5.26 Å². The van der Waals surface area contributed by atoms with E-state index in [9.17, 15) is 14.9 Å². The van der Waals surface area contributed by atoms with Gasteiger partial charge in [-0.25, -0.2) is 4.79 Å². The van der Waals surface area contributed by atoms with Crippen molar-refractivity contribution in [2.75, 3.05) is 23.9 Å². The van der Waals surface area contributed by atoms with Gasteiger partial charge in [0.25, 0.3) is 0 Å². The summed E-state index contributed by atoms with van der Waals surface area (Å²) in [6.07, 6.45) is 0. The normalized spacial score (nSPS) is 12.8. The van der Waals surface area contributed by atoms with Gasteiger partial charge in [-0.05, 0) is 40.1 Å². The average molecular weight is 393 g/mol. The zero-order valence-corrected chi connectivity index (χ0v) is 15.9. The van der Waals surface area contributed by atoms with Crippen LogP contribution in [0.25, 0.3) is 5.00 Å². The molecule has 0 N–H and O–H groups in total. The fourth-order valence-corrected chi connectivity index (χ4v) is 3.84. The highest BCUT2D eigenvalue weighted by molar-refractivity contribution is 7.12. The summed E-state index contributed by atoms with van der Waals surface area (Å²) in [5.41, 5.74) is 1.20. The van der Waals surface area contributed by atoms with E-state index in [1.54, 1.807) is 36.0 Å². The van der Waals surface area contributed by atoms with Crippen molar-refractivity contribution in [1.82, 2.24) is 19.8 Å². The number of tetrazole rings is 1. The van der Waals surface area contributed by atoms with Crippen LogP contribution in [0.15, 0.2) is 58.0 Å². The van der Waals surface area contributed by atoms with Crippen LogP contribution in [0.5, 0.6) is 0 Å². The maximum atomic E-state index is 12.9. The molecule has 3 heterocycles. The number of carbonyl (C=O) groups is 1. The highest BCUT2D eigenvalue weighted by Gasteiger charge is 2.31. The second-order valence-electron chi connectivity index (χ2n) is 6.12. The second-order valence-corrected chi connectivity index (χ2v) is 7.05. The second kappa shape index (κ2) is 6.79. The molecule has 2 aromatic heterocycles. The third-order valence-corrected chi connectivity index (χ3v) is 5.35. The van der Waals surface area contributed by atoms with Gasteiger partial charge in [0.2, 0.25) is 0 Å². The predicted molar refractivity (Wildman–Crippen MR) is 104 cm³/mol. The Kier molecular flexibility index (Phi) is 4.29. The van der Waals surface area contributed by atoms with Crippen molar-refractivity contribution in [3.8, 4) is 11.1 Å². The molecule has 28 heavy (non-hydrogen) atoms. The lowest BCUT2D eigenvalue weighted by molar-refractivity contribution is -0.116. The van der Waals surface area contributed by atoms with Crippen LogP contribution in [0.2, 0.25) is 0 Å². The number of hydrogen-bond donors (Lipinski definition) is 0. The number of allylic oxidation sites excluding steroid dienone is 1. The minimum Gasteiger partial charge on any atom is -0.328 e. The van der Waals surface area contributed by atoms with Crippen molar-refractivity contribution in [3.05, 3.63) is 63.7 Å². The van der Waals surface area contributed by atoms with Gasteiger partial charge < -0.3 is 9.80 Å². The van der Waals surface area contributed by atoms with E-state index >= 15 is 0 Å². The first-order chi connectivity index (χ1) is 13.5. The molecule has 0 radical (unpaired) electrons. The lowest BCUT2D eigenvalue weighted by Crippen LogP contribution is -2.30. The van der Waals surface area contributed by atoms with Crippen molar-refractivity contribution in [3.63, 3.8) is 0 Å². The van der Waals surface area contributed by atoms with Gasteiger partial charge in [-0.2, -0.15) is 14.6 Å². The number of fused-ring (bicyclic) bond motifs is 1. The Hall–Kier alpha value is -3.71. The quantitative estimate of drug-likeness (QED) is 0.488. The largest absolute Gasteiger partial charge is 0.369 e. The van der Waals surface area contributed by atoms with Gasteiger partial charge in [0.15, 0.2) is 5.78 Å². The molecule has 4 rings (SSSR count). The van der Waals surface area contributed by atoms with E-state index in [0.29, 0.717) is 10.8 Å². The lowest BCUT2D eigenvalue weighted by atomic mass is 10.1. The van der Waals surface area contributed by atoms with Crippen LogP contribution >= 0.6 is 11.3 Å². The molecule has 0 amide bonds. The van der Waals surface area contributed by atoms with E-state index in [2.05, 4.69) is 10.4 Å². The number of carbonyl (C=O) groups excluding carboxylic acids is 1. The zero-order chi connectivity index (χ0) is 19.8. The van der Waals surface area contributed by atoms with Gasteiger partial charge in [-0.1, -0.05) is 12.1 Å². The standard InChI is InChI=1S/C18H15N7O2S/c1-22-13-6-3-4-7-14(13)23(2)17(22)12(10-19)15(26)11-24-18(27)25(21-20-24)16-8-5-9-28-16/h3-9H,11H2,1-2H3. The predicted octanol–water partition coefficient (Wildman–Crippen LogP) is 1.38. The van der Waals surface area contributed by atoms with Crippen molar-refractivity contribution in [2.24, 2.45) is 0 Å². The van der Waals surface area contributed by atoms with E-state index in [0.717, 1.165) is 20.7 Å². The first kappa shape index (κ1) is 17.7. The smallest absolute Gasteiger partial charge is 0.328 e. The van der Waals surface area contributed by atoms with E-state index < -0.39 is 11.5 Å². The molecule has 0 saturated heterocycles. The molecule has 0 spiro atoms. The number of Topliss-reactive ketones (excluding diaryl/α,β-unsaturated/α-hetero) is 1. The van der Waals surface area contributed by atoms with E-state index in [-0.39, 0.29) is 12.1 Å². The van der Waals surface area contributed by atoms with Crippen LogP contribution < -0.4 is 15.5 Å². The summed E-state index contributed by atoms with van der Waals surface area (Å²) in [5.74, 6) is -0.0447. The van der Waals surface area contributed by atoms with Crippen LogP contribution in [0.1, 0.15) is 0 Å². The van der Waals surface area contributed by atoms with Gasteiger partial charge in [0.1, 0.15) is 29.0 Å². The Morgan fingerprint density at radius 1 is 1.11 bits per heavy atom. The van der Waals surface area contributed by atoms with Gasteiger partial charge >= 0.3 is 5.69 Å². The number of thiophene rings is 1. The van der Waals surface area contributed by atoms with E-state index in [1.807, 2.05) is 35.7 Å². The van der Waals surface area contributed by atoms with Crippen LogP contribution in [0, 0.1) is 11.3 Å². The molecule has 10 heteroatoms. The topological polar surface area (TPSA) is 100 Å². The molecule has 9 nitrogen and oxygen atoms in total. The fourth-order valence-electron chi connectivity index (χ4n) is 3.17. The van der Waals surface area contributed by atoms with Crippen LogP contribution in [-0.2, 0) is 11.3 Å². The molecule has 0 bridgehead atoms. The number of rotatable bonds is 4. The third kappa shape index (κ3) is 2.69. The highest BCUT2D eigenvalue weighted by atomic mass is 32.1. The maximum absolute atomic E-state index is 12.9. The summed E-state index contributed by atoms with van der Waals surface area (Å²) in [7, 11) is 3.59. The number of ketones is 1. The minimum atomic E-state index is -0.533. The first-order valence-corrected chi connectivity index (χ1v) is 9.21. The molecule has 0 unspecified atom stereocenters. The van der Waals surface area contributed by atoms with Crippen LogP contribution in [-0.4, -0.2) is 39.7 Å². The number of anilines is 2. The first-order valence-electron chi connectivity index (χ1n) is 8.33. The number of nitriles is 1. The number of para-hydroxylation sites is 2. The molecule has 3 aromatic rings. The summed E-state index contributed by atoms with van der Waals surface area (Å²) < 4.78 is 2.09. The lowest BCUT2D eigenvalue weighted by Gasteiger charge is -2.19. The summed E-state index contributed by atoms with van der Waals surface area (Å²) >= 11 is 1.33. The Bertz CT molecular complexity index is 1150. The molecule has 1 aliphatic rings. The SMILES string of the molecule is CN1C(=C(C#N)C(=O)Cn2nnn(-c3cccs3)c2=O)N(C)c2ccccc21. The molecule has 0 atom stereocenters. The molecule has 0 aliphatic carbocycles. The molecule has 140 valence electrons. The Morgan fingerprint density at radius 3 is 2.36 bits per heavy atom. The summed E-state index contributed by atoms with van der Waals surface area (Å²) in [5, 5.41) is 19.7. The summed E-state index contributed by atoms with van der Waals surface area (Å²) in [4.78, 5) is 28.9.